The lowest BCUT2D eigenvalue weighted by molar-refractivity contribution is 0.0193. The number of pyridine rings is 1. The van der Waals surface area contributed by atoms with Crippen LogP contribution >= 0.6 is 0 Å². The van der Waals surface area contributed by atoms with Crippen molar-refractivity contribution in [2.45, 2.75) is 37.2 Å². The highest BCUT2D eigenvalue weighted by Crippen LogP contribution is 2.26. The van der Waals surface area contributed by atoms with E-state index in [2.05, 4.69) is 10.4 Å². The van der Waals surface area contributed by atoms with Gasteiger partial charge >= 0.3 is 0 Å². The van der Waals surface area contributed by atoms with E-state index in [1.54, 1.807) is 6.07 Å². The fraction of sp³-hybridized carbons (Fsp3) is 0.615. The van der Waals surface area contributed by atoms with Gasteiger partial charge in [0.2, 0.25) is 10.0 Å². The summed E-state index contributed by atoms with van der Waals surface area (Å²) in [6, 6.07) is 1.54. The average Bonchev–Trinajstić information content (AvgIpc) is 2.53. The SMILES string of the molecule is CCCOC1CCCN(S(=O)(=O)c2cnccc2NN)C1. The number of ether oxygens (including phenoxy) is 1. The van der Waals surface area contributed by atoms with Crippen LogP contribution in [-0.2, 0) is 14.8 Å². The monoisotopic (exact) mass is 314 g/mol. The van der Waals surface area contributed by atoms with Gasteiger partial charge in [-0.1, -0.05) is 6.92 Å². The zero-order chi connectivity index (χ0) is 15.3. The van der Waals surface area contributed by atoms with Gasteiger partial charge in [-0.3, -0.25) is 10.8 Å². The van der Waals surface area contributed by atoms with Gasteiger partial charge in [-0.25, -0.2) is 8.42 Å². The Kier molecular flexibility index (Phi) is 5.51. The first kappa shape index (κ1) is 16.2. The number of hydrogen-bond acceptors (Lipinski definition) is 6. The highest BCUT2D eigenvalue weighted by atomic mass is 32.2. The molecule has 1 saturated heterocycles. The van der Waals surface area contributed by atoms with Gasteiger partial charge in [0, 0.05) is 32.1 Å². The summed E-state index contributed by atoms with van der Waals surface area (Å²) < 4.78 is 32.6. The van der Waals surface area contributed by atoms with Crippen LogP contribution in [0.2, 0.25) is 0 Å². The molecule has 3 N–H and O–H groups in total. The first-order valence-corrected chi connectivity index (χ1v) is 8.56. The normalized spacial score (nSPS) is 20.4. The molecule has 7 nitrogen and oxygen atoms in total. The van der Waals surface area contributed by atoms with Gasteiger partial charge in [-0.2, -0.15) is 4.31 Å². The maximum Gasteiger partial charge on any atom is 0.246 e. The molecular formula is C13H22N4O3S. The maximum atomic E-state index is 12.7. The first-order valence-electron chi connectivity index (χ1n) is 7.12. The van der Waals surface area contributed by atoms with E-state index >= 15 is 0 Å². The van der Waals surface area contributed by atoms with Crippen LogP contribution in [0.1, 0.15) is 26.2 Å². The lowest BCUT2D eigenvalue weighted by atomic mass is 10.1. The number of nitrogen functional groups attached to an aromatic ring is 1. The molecule has 0 amide bonds. The molecule has 1 fully saturated rings. The van der Waals surface area contributed by atoms with Crippen LogP contribution in [0, 0.1) is 0 Å². The average molecular weight is 314 g/mol. The summed E-state index contributed by atoms with van der Waals surface area (Å²) in [5, 5.41) is 0. The van der Waals surface area contributed by atoms with Crippen LogP contribution in [0.3, 0.4) is 0 Å². The van der Waals surface area contributed by atoms with E-state index in [4.69, 9.17) is 10.6 Å². The predicted octanol–water partition coefficient (Wildman–Crippen LogP) is 0.947. The summed E-state index contributed by atoms with van der Waals surface area (Å²) in [6.45, 7) is 3.56. The minimum atomic E-state index is -3.61. The third-order valence-electron chi connectivity index (χ3n) is 3.46. The lowest BCUT2D eigenvalue weighted by Gasteiger charge is -2.32. The topological polar surface area (TPSA) is 97.5 Å². The third-order valence-corrected chi connectivity index (χ3v) is 5.35. The molecule has 8 heteroatoms. The number of rotatable bonds is 6. The number of anilines is 1. The molecule has 0 radical (unpaired) electrons. The van der Waals surface area contributed by atoms with E-state index < -0.39 is 10.0 Å². The Labute approximate surface area is 125 Å². The van der Waals surface area contributed by atoms with Crippen LogP contribution in [0.25, 0.3) is 0 Å². The smallest absolute Gasteiger partial charge is 0.246 e. The second kappa shape index (κ2) is 7.17. The molecule has 0 spiro atoms. The number of nitrogens with zero attached hydrogens (tertiary/aromatic N) is 2. The fourth-order valence-corrected chi connectivity index (χ4v) is 4.00. The fourth-order valence-electron chi connectivity index (χ4n) is 2.39. The molecule has 0 saturated carbocycles. The quantitative estimate of drug-likeness (QED) is 0.599. The van der Waals surface area contributed by atoms with Crippen LogP contribution in [0.5, 0.6) is 0 Å². The standard InChI is InChI=1S/C13H22N4O3S/c1-2-8-20-11-4-3-7-17(10-11)21(18,19)13-9-15-6-5-12(13)16-14/h5-6,9,11H,2-4,7-8,10,14H2,1H3,(H,15,16). The number of hydrazine groups is 1. The third kappa shape index (κ3) is 3.70. The molecule has 1 aliphatic heterocycles. The van der Waals surface area contributed by atoms with Gasteiger partial charge in [-0.05, 0) is 25.3 Å². The van der Waals surface area contributed by atoms with Gasteiger partial charge < -0.3 is 10.2 Å². The van der Waals surface area contributed by atoms with E-state index in [-0.39, 0.29) is 11.0 Å². The van der Waals surface area contributed by atoms with E-state index in [9.17, 15) is 8.42 Å². The van der Waals surface area contributed by atoms with Crippen molar-refractivity contribution in [2.24, 2.45) is 5.84 Å². The molecule has 0 aliphatic carbocycles. The molecule has 2 rings (SSSR count). The van der Waals surface area contributed by atoms with E-state index in [0.717, 1.165) is 19.3 Å². The zero-order valence-corrected chi connectivity index (χ0v) is 13.0. The highest BCUT2D eigenvalue weighted by molar-refractivity contribution is 7.89. The van der Waals surface area contributed by atoms with Crippen LogP contribution in [0.4, 0.5) is 5.69 Å². The van der Waals surface area contributed by atoms with Crippen molar-refractivity contribution in [1.29, 1.82) is 0 Å². The molecule has 118 valence electrons. The number of hydrogen-bond donors (Lipinski definition) is 2. The van der Waals surface area contributed by atoms with Gasteiger partial charge in [0.1, 0.15) is 4.90 Å². The Morgan fingerprint density at radius 3 is 3.10 bits per heavy atom. The number of aromatic nitrogens is 1. The molecular weight excluding hydrogens is 292 g/mol. The van der Waals surface area contributed by atoms with Crippen molar-refractivity contribution >= 4 is 15.7 Å². The molecule has 1 unspecified atom stereocenters. The Morgan fingerprint density at radius 2 is 2.38 bits per heavy atom. The molecule has 21 heavy (non-hydrogen) atoms. The van der Waals surface area contributed by atoms with Crippen LogP contribution in [0.15, 0.2) is 23.4 Å². The minimum Gasteiger partial charge on any atom is -0.377 e. The van der Waals surface area contributed by atoms with Gasteiger partial charge in [-0.15, -0.1) is 0 Å². The van der Waals surface area contributed by atoms with E-state index in [1.807, 2.05) is 6.92 Å². The van der Waals surface area contributed by atoms with Crippen molar-refractivity contribution < 1.29 is 13.2 Å². The second-order valence-corrected chi connectivity index (χ2v) is 6.92. The summed E-state index contributed by atoms with van der Waals surface area (Å²) in [6.07, 6.45) is 5.38. The highest BCUT2D eigenvalue weighted by Gasteiger charge is 2.32. The Balaban J connectivity index is 2.18. The molecule has 1 atom stereocenters. The summed E-state index contributed by atoms with van der Waals surface area (Å²) in [7, 11) is -3.61. The first-order chi connectivity index (χ1) is 10.1. The minimum absolute atomic E-state index is 0.0422. The zero-order valence-electron chi connectivity index (χ0n) is 12.2. The van der Waals surface area contributed by atoms with Crippen molar-refractivity contribution in [3.63, 3.8) is 0 Å². The van der Waals surface area contributed by atoms with Crippen molar-refractivity contribution in [2.75, 3.05) is 25.1 Å². The molecule has 0 aromatic carbocycles. The van der Waals surface area contributed by atoms with Gasteiger partial charge in [0.25, 0.3) is 0 Å². The summed E-state index contributed by atoms with van der Waals surface area (Å²) in [5.74, 6) is 5.38. The summed E-state index contributed by atoms with van der Waals surface area (Å²) in [5.41, 5.74) is 2.76. The van der Waals surface area contributed by atoms with Crippen LogP contribution in [-0.4, -0.2) is 43.5 Å². The van der Waals surface area contributed by atoms with Crippen molar-refractivity contribution in [3.05, 3.63) is 18.5 Å². The Morgan fingerprint density at radius 1 is 1.57 bits per heavy atom. The Bertz CT molecular complexity index is 564. The molecule has 1 aromatic heterocycles. The number of nitrogens with two attached hydrogens (primary N) is 1. The van der Waals surface area contributed by atoms with Gasteiger partial charge in [0.05, 0.1) is 11.8 Å². The maximum absolute atomic E-state index is 12.7. The van der Waals surface area contributed by atoms with Crippen molar-refractivity contribution in [3.8, 4) is 0 Å². The summed E-state index contributed by atoms with van der Waals surface area (Å²) in [4.78, 5) is 3.99. The van der Waals surface area contributed by atoms with Gasteiger partial charge in [0.15, 0.2) is 0 Å². The Hall–Kier alpha value is -1.22. The molecule has 2 heterocycles. The molecule has 1 aromatic rings. The molecule has 0 bridgehead atoms. The number of sulfonamides is 1. The van der Waals surface area contributed by atoms with E-state index in [1.165, 1.54) is 16.7 Å². The van der Waals surface area contributed by atoms with Crippen molar-refractivity contribution in [1.82, 2.24) is 9.29 Å². The summed E-state index contributed by atoms with van der Waals surface area (Å²) >= 11 is 0. The number of nitrogens with one attached hydrogen (secondary N) is 1. The van der Waals surface area contributed by atoms with Crippen LogP contribution < -0.4 is 11.3 Å². The predicted molar refractivity (Wildman–Crippen MR) is 80.1 cm³/mol. The second-order valence-electron chi connectivity index (χ2n) is 5.01. The lowest BCUT2D eigenvalue weighted by Crippen LogP contribution is -2.43. The largest absolute Gasteiger partial charge is 0.377 e. The molecule has 1 aliphatic rings. The number of piperidine rings is 1. The van der Waals surface area contributed by atoms with E-state index in [0.29, 0.717) is 25.4 Å².